The lowest BCUT2D eigenvalue weighted by Crippen LogP contribution is -2.42. The van der Waals surface area contributed by atoms with E-state index in [0.717, 1.165) is 38.3 Å². The van der Waals surface area contributed by atoms with Crippen molar-refractivity contribution in [2.45, 2.75) is 57.1 Å². The molecule has 2 aliphatic carbocycles. The SMILES string of the molecule is Cn1cc(C[C@@H]2[C@@H](OCC3CC3)CCN2C(=O)CC2CC2)cn1. The fourth-order valence-electron chi connectivity index (χ4n) is 3.62. The third kappa shape index (κ3) is 3.77. The second kappa shape index (κ2) is 6.27. The highest BCUT2D eigenvalue weighted by atomic mass is 16.5. The molecule has 1 saturated heterocycles. The Labute approximate surface area is 138 Å². The second-order valence-electron chi connectivity index (χ2n) is 7.63. The number of hydrogen-bond donors (Lipinski definition) is 0. The summed E-state index contributed by atoms with van der Waals surface area (Å²) in [5.74, 6) is 1.75. The van der Waals surface area contributed by atoms with Gasteiger partial charge < -0.3 is 9.64 Å². The molecule has 2 heterocycles. The van der Waals surface area contributed by atoms with Gasteiger partial charge in [0.25, 0.3) is 0 Å². The van der Waals surface area contributed by atoms with Crippen LogP contribution in [0.25, 0.3) is 0 Å². The summed E-state index contributed by atoms with van der Waals surface area (Å²) < 4.78 is 8.03. The van der Waals surface area contributed by atoms with Gasteiger partial charge >= 0.3 is 0 Å². The van der Waals surface area contributed by atoms with Crippen molar-refractivity contribution in [1.82, 2.24) is 14.7 Å². The van der Waals surface area contributed by atoms with Crippen LogP contribution in [0.3, 0.4) is 0 Å². The number of carbonyl (C=O) groups excluding carboxylic acids is 1. The van der Waals surface area contributed by atoms with E-state index in [9.17, 15) is 4.79 Å². The van der Waals surface area contributed by atoms with Crippen LogP contribution in [0.1, 0.15) is 44.1 Å². The van der Waals surface area contributed by atoms with Crippen LogP contribution < -0.4 is 0 Å². The number of amides is 1. The van der Waals surface area contributed by atoms with Crippen molar-refractivity contribution in [3.63, 3.8) is 0 Å². The van der Waals surface area contributed by atoms with Crippen LogP contribution in [-0.4, -0.2) is 45.9 Å². The van der Waals surface area contributed by atoms with E-state index in [-0.39, 0.29) is 12.1 Å². The number of rotatable bonds is 7. The fraction of sp³-hybridized carbons (Fsp3) is 0.778. The van der Waals surface area contributed by atoms with E-state index in [1.54, 1.807) is 0 Å². The normalized spacial score (nSPS) is 27.6. The number of nitrogens with zero attached hydrogens (tertiary/aromatic N) is 3. The summed E-state index contributed by atoms with van der Waals surface area (Å²) in [6.07, 6.45) is 11.8. The van der Waals surface area contributed by atoms with Crippen molar-refractivity contribution in [1.29, 1.82) is 0 Å². The molecule has 5 nitrogen and oxygen atoms in total. The lowest BCUT2D eigenvalue weighted by atomic mass is 10.0. The molecular formula is C18H27N3O2. The number of hydrogen-bond acceptors (Lipinski definition) is 3. The van der Waals surface area contributed by atoms with E-state index in [2.05, 4.69) is 16.2 Å². The Morgan fingerprint density at radius 3 is 2.70 bits per heavy atom. The molecule has 1 aliphatic heterocycles. The predicted molar refractivity (Wildman–Crippen MR) is 86.8 cm³/mol. The molecule has 0 N–H and O–H groups in total. The van der Waals surface area contributed by atoms with Gasteiger partial charge in [0, 0.05) is 32.8 Å². The van der Waals surface area contributed by atoms with Crippen LogP contribution in [0.15, 0.2) is 12.4 Å². The van der Waals surface area contributed by atoms with E-state index in [1.807, 2.05) is 17.9 Å². The van der Waals surface area contributed by atoms with E-state index >= 15 is 0 Å². The first-order chi connectivity index (χ1) is 11.2. The largest absolute Gasteiger partial charge is 0.376 e. The molecular weight excluding hydrogens is 290 g/mol. The minimum atomic E-state index is 0.184. The Kier molecular flexibility index (Phi) is 4.14. The number of carbonyl (C=O) groups is 1. The summed E-state index contributed by atoms with van der Waals surface area (Å²) >= 11 is 0. The van der Waals surface area contributed by atoms with E-state index < -0.39 is 0 Å². The molecule has 2 saturated carbocycles. The first-order valence-electron chi connectivity index (χ1n) is 9.07. The fourth-order valence-corrected chi connectivity index (χ4v) is 3.62. The third-order valence-corrected chi connectivity index (χ3v) is 5.41. The van der Waals surface area contributed by atoms with Gasteiger partial charge in [-0.15, -0.1) is 0 Å². The van der Waals surface area contributed by atoms with Gasteiger partial charge in [0.15, 0.2) is 0 Å². The van der Waals surface area contributed by atoms with Crippen LogP contribution >= 0.6 is 0 Å². The van der Waals surface area contributed by atoms with Gasteiger partial charge in [-0.2, -0.15) is 5.10 Å². The molecule has 0 unspecified atom stereocenters. The van der Waals surface area contributed by atoms with Gasteiger partial charge in [-0.1, -0.05) is 0 Å². The van der Waals surface area contributed by atoms with Crippen LogP contribution in [0.5, 0.6) is 0 Å². The Morgan fingerprint density at radius 1 is 1.26 bits per heavy atom. The molecule has 5 heteroatoms. The van der Waals surface area contributed by atoms with Crippen molar-refractivity contribution >= 4 is 5.91 Å². The van der Waals surface area contributed by atoms with Crippen molar-refractivity contribution in [2.24, 2.45) is 18.9 Å². The summed E-state index contributed by atoms with van der Waals surface area (Å²) in [6, 6.07) is 0.184. The van der Waals surface area contributed by atoms with Crippen LogP contribution in [0, 0.1) is 11.8 Å². The molecule has 1 aromatic rings. The molecule has 1 amide bonds. The zero-order valence-electron chi connectivity index (χ0n) is 14.0. The van der Waals surface area contributed by atoms with E-state index in [0.29, 0.717) is 11.8 Å². The molecule has 3 fully saturated rings. The third-order valence-electron chi connectivity index (χ3n) is 5.41. The summed E-state index contributed by atoms with van der Waals surface area (Å²) in [6.45, 7) is 1.73. The van der Waals surface area contributed by atoms with Crippen LogP contribution in [0.4, 0.5) is 0 Å². The summed E-state index contributed by atoms with van der Waals surface area (Å²) in [4.78, 5) is 14.7. The highest BCUT2D eigenvalue weighted by Gasteiger charge is 2.40. The lowest BCUT2D eigenvalue weighted by Gasteiger charge is -2.28. The Hall–Kier alpha value is -1.36. The van der Waals surface area contributed by atoms with Gasteiger partial charge in [-0.3, -0.25) is 9.48 Å². The first-order valence-corrected chi connectivity index (χ1v) is 9.07. The van der Waals surface area contributed by atoms with Gasteiger partial charge in [0.1, 0.15) is 0 Å². The smallest absolute Gasteiger partial charge is 0.223 e. The van der Waals surface area contributed by atoms with Crippen molar-refractivity contribution in [3.8, 4) is 0 Å². The molecule has 1 aromatic heterocycles. The standard InChI is InChI=1S/C18H27N3O2/c1-20-11-15(10-19-20)8-16-17(23-12-14-4-5-14)6-7-21(16)18(22)9-13-2-3-13/h10-11,13-14,16-17H,2-9,12H2,1H3/t16-,17+/m1/s1. The Bertz CT molecular complexity index is 562. The first kappa shape index (κ1) is 15.2. The van der Waals surface area contributed by atoms with E-state index in [4.69, 9.17) is 4.74 Å². The summed E-state index contributed by atoms with van der Waals surface area (Å²) in [5.41, 5.74) is 1.20. The van der Waals surface area contributed by atoms with E-state index in [1.165, 1.54) is 31.2 Å². The summed E-state index contributed by atoms with van der Waals surface area (Å²) in [7, 11) is 1.94. The average molecular weight is 317 g/mol. The number of aryl methyl sites for hydroxylation is 1. The highest BCUT2D eigenvalue weighted by Crippen LogP contribution is 2.35. The molecule has 0 spiro atoms. The maximum absolute atomic E-state index is 12.6. The average Bonchev–Trinajstić information content (AvgIpc) is 3.44. The predicted octanol–water partition coefficient (Wildman–Crippen LogP) is 2.16. The van der Waals surface area contributed by atoms with Crippen LogP contribution in [-0.2, 0) is 23.0 Å². The minimum absolute atomic E-state index is 0.184. The minimum Gasteiger partial charge on any atom is -0.376 e. The Balaban J connectivity index is 1.43. The lowest BCUT2D eigenvalue weighted by molar-refractivity contribution is -0.133. The maximum atomic E-state index is 12.6. The molecule has 3 aliphatic rings. The van der Waals surface area contributed by atoms with Crippen molar-refractivity contribution in [2.75, 3.05) is 13.2 Å². The Morgan fingerprint density at radius 2 is 2.04 bits per heavy atom. The van der Waals surface area contributed by atoms with Gasteiger partial charge in [0.2, 0.25) is 5.91 Å². The number of likely N-dealkylation sites (tertiary alicyclic amines) is 1. The van der Waals surface area contributed by atoms with Gasteiger partial charge in [0.05, 0.1) is 18.3 Å². The molecule has 0 aromatic carbocycles. The van der Waals surface area contributed by atoms with Gasteiger partial charge in [-0.05, 0) is 55.9 Å². The molecule has 2 atom stereocenters. The zero-order valence-corrected chi connectivity index (χ0v) is 14.0. The molecule has 0 radical (unpaired) electrons. The molecule has 4 rings (SSSR count). The van der Waals surface area contributed by atoms with Crippen LogP contribution in [0.2, 0.25) is 0 Å². The topological polar surface area (TPSA) is 47.4 Å². The van der Waals surface area contributed by atoms with Crippen molar-refractivity contribution in [3.05, 3.63) is 18.0 Å². The quantitative estimate of drug-likeness (QED) is 0.774. The molecule has 0 bridgehead atoms. The molecule has 126 valence electrons. The number of aromatic nitrogens is 2. The van der Waals surface area contributed by atoms with Crippen molar-refractivity contribution < 1.29 is 9.53 Å². The van der Waals surface area contributed by atoms with Gasteiger partial charge in [-0.25, -0.2) is 0 Å². The number of ether oxygens (including phenoxy) is 1. The second-order valence-corrected chi connectivity index (χ2v) is 7.63. The monoisotopic (exact) mass is 317 g/mol. The molecule has 23 heavy (non-hydrogen) atoms. The highest BCUT2D eigenvalue weighted by molar-refractivity contribution is 5.77. The maximum Gasteiger partial charge on any atom is 0.223 e. The zero-order chi connectivity index (χ0) is 15.8. The summed E-state index contributed by atoms with van der Waals surface area (Å²) in [5, 5.41) is 4.27.